The first-order chi connectivity index (χ1) is 18.0. The number of hydrogen-bond acceptors (Lipinski definition) is 5. The van der Waals surface area contributed by atoms with E-state index in [1.807, 2.05) is 80.7 Å². The van der Waals surface area contributed by atoms with Crippen LogP contribution in [-0.4, -0.2) is 43.2 Å². The van der Waals surface area contributed by atoms with Gasteiger partial charge in [0.1, 0.15) is 17.4 Å². The topological polar surface area (TPSA) is 57.7 Å². The number of benzene rings is 3. The highest BCUT2D eigenvalue weighted by molar-refractivity contribution is 6.01. The molecule has 1 saturated heterocycles. The number of pyridine rings is 1. The lowest BCUT2D eigenvalue weighted by molar-refractivity contribution is 0.0951. The second kappa shape index (κ2) is 10.9. The van der Waals surface area contributed by atoms with Gasteiger partial charge in [-0.05, 0) is 79.4 Å². The normalized spacial score (nSPS) is 13.7. The Morgan fingerprint density at radius 2 is 1.65 bits per heavy atom. The number of carbonyl (C=O) groups is 1. The quantitative estimate of drug-likeness (QED) is 0.369. The van der Waals surface area contributed by atoms with Crippen molar-refractivity contribution < 1.29 is 13.9 Å². The van der Waals surface area contributed by atoms with E-state index in [4.69, 9.17) is 4.74 Å². The molecule has 4 aromatic rings. The van der Waals surface area contributed by atoms with E-state index in [-0.39, 0.29) is 17.8 Å². The lowest BCUT2D eigenvalue weighted by atomic mass is 10.1. The van der Waals surface area contributed by atoms with E-state index in [0.717, 1.165) is 59.8 Å². The van der Waals surface area contributed by atoms with E-state index in [9.17, 15) is 9.18 Å². The van der Waals surface area contributed by atoms with Crippen LogP contribution in [0.3, 0.4) is 0 Å². The molecule has 190 valence electrons. The predicted octanol–water partition coefficient (Wildman–Crippen LogP) is 5.42. The van der Waals surface area contributed by atoms with Gasteiger partial charge < -0.3 is 19.9 Å². The maximum absolute atomic E-state index is 13.3. The van der Waals surface area contributed by atoms with Crippen molar-refractivity contribution in [1.82, 2.24) is 10.3 Å². The van der Waals surface area contributed by atoms with Crippen LogP contribution in [0.15, 0.2) is 79.0 Å². The fourth-order valence-electron chi connectivity index (χ4n) is 4.62. The lowest BCUT2D eigenvalue weighted by Gasteiger charge is -2.37. The Balaban J connectivity index is 1.26. The zero-order chi connectivity index (χ0) is 25.8. The fourth-order valence-corrected chi connectivity index (χ4v) is 4.62. The lowest BCUT2D eigenvalue weighted by Crippen LogP contribution is -2.46. The van der Waals surface area contributed by atoms with Crippen LogP contribution in [0, 0.1) is 5.82 Å². The van der Waals surface area contributed by atoms with Gasteiger partial charge in [-0.25, -0.2) is 9.37 Å². The monoisotopic (exact) mass is 498 g/mol. The summed E-state index contributed by atoms with van der Waals surface area (Å²) in [6.45, 7) is 7.62. The van der Waals surface area contributed by atoms with Crippen molar-refractivity contribution in [2.24, 2.45) is 0 Å². The summed E-state index contributed by atoms with van der Waals surface area (Å²) < 4.78 is 19.0. The highest BCUT2D eigenvalue weighted by atomic mass is 19.1. The fraction of sp³-hybridized carbons (Fsp3) is 0.267. The zero-order valence-electron chi connectivity index (χ0n) is 21.2. The minimum Gasteiger partial charge on any atom is -0.491 e. The van der Waals surface area contributed by atoms with Crippen LogP contribution in [0.4, 0.5) is 15.9 Å². The average Bonchev–Trinajstić information content (AvgIpc) is 2.92. The number of halogens is 1. The minimum atomic E-state index is -0.226. The number of fused-ring (bicyclic) bond motifs is 1. The Kier molecular flexibility index (Phi) is 7.21. The van der Waals surface area contributed by atoms with Crippen molar-refractivity contribution in [2.75, 3.05) is 36.0 Å². The van der Waals surface area contributed by atoms with Crippen LogP contribution in [-0.2, 0) is 6.54 Å². The van der Waals surface area contributed by atoms with Gasteiger partial charge in [0.25, 0.3) is 5.91 Å². The van der Waals surface area contributed by atoms with Crippen LogP contribution in [0.2, 0.25) is 0 Å². The molecule has 7 heteroatoms. The molecule has 0 radical (unpaired) electrons. The maximum Gasteiger partial charge on any atom is 0.251 e. The summed E-state index contributed by atoms with van der Waals surface area (Å²) in [5, 5.41) is 5.02. The molecule has 1 fully saturated rings. The van der Waals surface area contributed by atoms with Crippen LogP contribution < -0.4 is 19.9 Å². The average molecular weight is 499 g/mol. The summed E-state index contributed by atoms with van der Waals surface area (Å²) >= 11 is 0. The molecule has 0 saturated carbocycles. The highest BCUT2D eigenvalue weighted by Crippen LogP contribution is 2.27. The van der Waals surface area contributed by atoms with Crippen molar-refractivity contribution in [3.8, 4) is 5.75 Å². The molecule has 3 aromatic carbocycles. The van der Waals surface area contributed by atoms with Gasteiger partial charge in [0, 0.05) is 55.6 Å². The molecule has 1 amide bonds. The van der Waals surface area contributed by atoms with Crippen molar-refractivity contribution in [1.29, 1.82) is 0 Å². The van der Waals surface area contributed by atoms with Gasteiger partial charge in [-0.15, -0.1) is 0 Å². The standard InChI is InChI=1S/C30H31FN4O2/c1-21(2)37-27-11-3-22(4-12-27)20-33-30(36)24-6-5-23-13-14-32-29(28(23)19-24)35-17-15-34(16-18-35)26-9-7-25(31)8-10-26/h3-14,19,21H,15-18,20H2,1-2H3,(H,33,36). The molecule has 0 atom stereocenters. The summed E-state index contributed by atoms with van der Waals surface area (Å²) in [4.78, 5) is 22.2. The highest BCUT2D eigenvalue weighted by Gasteiger charge is 2.20. The summed E-state index contributed by atoms with van der Waals surface area (Å²) in [7, 11) is 0. The van der Waals surface area contributed by atoms with Crippen LogP contribution >= 0.6 is 0 Å². The number of nitrogens with one attached hydrogen (secondary N) is 1. The third-order valence-corrected chi connectivity index (χ3v) is 6.53. The van der Waals surface area contributed by atoms with Crippen molar-refractivity contribution in [3.05, 3.63) is 95.9 Å². The van der Waals surface area contributed by atoms with Gasteiger partial charge in [0.05, 0.1) is 6.10 Å². The van der Waals surface area contributed by atoms with E-state index in [2.05, 4.69) is 20.1 Å². The van der Waals surface area contributed by atoms with Crippen LogP contribution in [0.5, 0.6) is 5.75 Å². The summed E-state index contributed by atoms with van der Waals surface area (Å²) in [6, 6.07) is 22.1. The van der Waals surface area contributed by atoms with E-state index >= 15 is 0 Å². The van der Waals surface area contributed by atoms with Gasteiger partial charge in [0.2, 0.25) is 0 Å². The number of carbonyl (C=O) groups excluding carboxylic acids is 1. The van der Waals surface area contributed by atoms with Gasteiger partial charge in [-0.2, -0.15) is 0 Å². The molecule has 0 spiro atoms. The van der Waals surface area contributed by atoms with Gasteiger partial charge in [-0.1, -0.05) is 18.2 Å². The molecule has 6 nitrogen and oxygen atoms in total. The molecule has 0 bridgehead atoms. The largest absolute Gasteiger partial charge is 0.491 e. The number of anilines is 2. The molecule has 2 heterocycles. The smallest absolute Gasteiger partial charge is 0.251 e. The molecule has 1 aliphatic rings. The molecular formula is C30H31FN4O2. The summed E-state index contributed by atoms with van der Waals surface area (Å²) in [5.74, 6) is 1.35. The molecule has 1 aromatic heterocycles. The Bertz CT molecular complexity index is 1360. The van der Waals surface area contributed by atoms with E-state index in [1.165, 1.54) is 12.1 Å². The number of ether oxygens (including phenoxy) is 1. The third-order valence-electron chi connectivity index (χ3n) is 6.53. The van der Waals surface area contributed by atoms with Crippen molar-refractivity contribution in [2.45, 2.75) is 26.5 Å². The number of piperazine rings is 1. The zero-order valence-corrected chi connectivity index (χ0v) is 21.2. The Labute approximate surface area is 216 Å². The van der Waals surface area contributed by atoms with Crippen molar-refractivity contribution in [3.63, 3.8) is 0 Å². The second-order valence-corrected chi connectivity index (χ2v) is 9.51. The van der Waals surface area contributed by atoms with Crippen LogP contribution in [0.25, 0.3) is 10.8 Å². The Hall–Kier alpha value is -4.13. The number of aromatic nitrogens is 1. The van der Waals surface area contributed by atoms with E-state index < -0.39 is 0 Å². The first kappa shape index (κ1) is 24.6. The van der Waals surface area contributed by atoms with Gasteiger partial charge in [0.15, 0.2) is 0 Å². The van der Waals surface area contributed by atoms with Crippen LogP contribution in [0.1, 0.15) is 29.8 Å². The molecule has 0 unspecified atom stereocenters. The maximum atomic E-state index is 13.3. The van der Waals surface area contributed by atoms with E-state index in [0.29, 0.717) is 12.1 Å². The SMILES string of the molecule is CC(C)Oc1ccc(CNC(=O)c2ccc3ccnc(N4CCN(c5ccc(F)cc5)CC4)c3c2)cc1. The predicted molar refractivity (Wildman–Crippen MR) is 146 cm³/mol. The molecule has 0 aliphatic carbocycles. The molecular weight excluding hydrogens is 467 g/mol. The third kappa shape index (κ3) is 5.82. The second-order valence-electron chi connectivity index (χ2n) is 9.51. The minimum absolute atomic E-state index is 0.122. The number of amides is 1. The summed E-state index contributed by atoms with van der Waals surface area (Å²) in [6.07, 6.45) is 1.94. The molecule has 1 aliphatic heterocycles. The van der Waals surface area contributed by atoms with Gasteiger partial charge >= 0.3 is 0 Å². The first-order valence-corrected chi connectivity index (χ1v) is 12.6. The Morgan fingerprint density at radius 3 is 2.35 bits per heavy atom. The number of rotatable bonds is 7. The Morgan fingerprint density at radius 1 is 0.946 bits per heavy atom. The number of hydrogen-bond donors (Lipinski definition) is 1. The van der Waals surface area contributed by atoms with Crippen molar-refractivity contribution >= 4 is 28.2 Å². The number of nitrogens with zero attached hydrogens (tertiary/aromatic N) is 3. The molecule has 37 heavy (non-hydrogen) atoms. The summed E-state index contributed by atoms with van der Waals surface area (Å²) in [5.41, 5.74) is 2.63. The van der Waals surface area contributed by atoms with E-state index in [1.54, 1.807) is 0 Å². The first-order valence-electron chi connectivity index (χ1n) is 12.6. The van der Waals surface area contributed by atoms with Gasteiger partial charge in [-0.3, -0.25) is 4.79 Å². The molecule has 5 rings (SSSR count). The molecule has 1 N–H and O–H groups in total.